The van der Waals surface area contributed by atoms with Crippen LogP contribution in [-0.4, -0.2) is 31.1 Å². The lowest BCUT2D eigenvalue weighted by molar-refractivity contribution is -0.117. The first kappa shape index (κ1) is 25.2. The van der Waals surface area contributed by atoms with Gasteiger partial charge < -0.3 is 14.6 Å². The zero-order chi connectivity index (χ0) is 25.0. The van der Waals surface area contributed by atoms with Gasteiger partial charge in [0.15, 0.2) is 0 Å². The molecular formula is C28H30N4O3. The maximum Gasteiger partial charge on any atom is 0.287 e. The highest BCUT2D eigenvalue weighted by molar-refractivity contribution is 6.05. The summed E-state index contributed by atoms with van der Waals surface area (Å²) in [7, 11) is 0. The molecule has 35 heavy (non-hydrogen) atoms. The van der Waals surface area contributed by atoms with Gasteiger partial charge in [-0.25, -0.2) is 5.43 Å². The molecule has 0 aliphatic carbocycles. The molecule has 2 aromatic carbocycles. The first-order valence-corrected chi connectivity index (χ1v) is 11.5. The van der Waals surface area contributed by atoms with Gasteiger partial charge in [-0.05, 0) is 80.5 Å². The molecule has 0 spiro atoms. The Morgan fingerprint density at radius 3 is 2.29 bits per heavy atom. The van der Waals surface area contributed by atoms with Gasteiger partial charge in [-0.2, -0.15) is 5.10 Å². The predicted octanol–water partition coefficient (Wildman–Crippen LogP) is 5.10. The third kappa shape index (κ3) is 7.57. The molecule has 1 aromatic heterocycles. The summed E-state index contributed by atoms with van der Waals surface area (Å²) < 4.78 is 5.27. The molecule has 0 fully saturated rings. The Morgan fingerprint density at radius 2 is 1.66 bits per heavy atom. The van der Waals surface area contributed by atoms with Gasteiger partial charge >= 0.3 is 0 Å². The van der Waals surface area contributed by atoms with Crippen LogP contribution in [0.25, 0.3) is 12.2 Å². The van der Waals surface area contributed by atoms with Crippen LogP contribution in [0.15, 0.2) is 93.8 Å². The van der Waals surface area contributed by atoms with E-state index in [2.05, 4.69) is 34.6 Å². The van der Waals surface area contributed by atoms with E-state index in [0.717, 1.165) is 29.9 Å². The molecule has 2 amide bonds. The topological polar surface area (TPSA) is 86.9 Å². The normalized spacial score (nSPS) is 12.0. The molecular weight excluding hydrogens is 440 g/mol. The number of furan rings is 1. The van der Waals surface area contributed by atoms with E-state index in [-0.39, 0.29) is 11.6 Å². The Hall–Kier alpha value is -4.39. The van der Waals surface area contributed by atoms with Crippen molar-refractivity contribution < 1.29 is 14.0 Å². The van der Waals surface area contributed by atoms with Crippen LogP contribution in [-0.2, 0) is 4.79 Å². The van der Waals surface area contributed by atoms with Crippen molar-refractivity contribution in [2.45, 2.75) is 20.8 Å². The maximum atomic E-state index is 12.9. The number of benzene rings is 2. The highest BCUT2D eigenvalue weighted by atomic mass is 16.3. The van der Waals surface area contributed by atoms with Gasteiger partial charge in [0.1, 0.15) is 11.5 Å². The number of allylic oxidation sites excluding steroid dienone is 1. The highest BCUT2D eigenvalue weighted by Gasteiger charge is 2.14. The van der Waals surface area contributed by atoms with Gasteiger partial charge in [0.2, 0.25) is 0 Å². The monoisotopic (exact) mass is 470 g/mol. The largest absolute Gasteiger partial charge is 0.465 e. The Morgan fingerprint density at radius 1 is 0.943 bits per heavy atom. The Kier molecular flexibility index (Phi) is 9.19. The molecule has 7 nitrogen and oxygen atoms in total. The van der Waals surface area contributed by atoms with E-state index in [0.29, 0.717) is 11.3 Å². The first-order valence-electron chi connectivity index (χ1n) is 11.5. The van der Waals surface area contributed by atoms with Crippen molar-refractivity contribution in [3.05, 3.63) is 101 Å². The van der Waals surface area contributed by atoms with Crippen molar-refractivity contribution in [2.24, 2.45) is 5.10 Å². The van der Waals surface area contributed by atoms with E-state index >= 15 is 0 Å². The minimum absolute atomic E-state index is 0.0826. The number of hydrogen-bond donors (Lipinski definition) is 2. The summed E-state index contributed by atoms with van der Waals surface area (Å²) in [4.78, 5) is 27.9. The van der Waals surface area contributed by atoms with Crippen LogP contribution in [0.2, 0.25) is 0 Å². The summed E-state index contributed by atoms with van der Waals surface area (Å²) >= 11 is 0. The minimum Gasteiger partial charge on any atom is -0.465 e. The quantitative estimate of drug-likeness (QED) is 0.245. The SMILES string of the molecule is CCN(CC)c1ccc(C=C(NC(=O)c2ccccc2)C(=O)NN=CC(C)=Cc2ccco2)cc1. The van der Waals surface area contributed by atoms with E-state index in [1.54, 1.807) is 48.7 Å². The van der Waals surface area contributed by atoms with Crippen LogP contribution >= 0.6 is 0 Å². The number of hydrazone groups is 1. The number of carbonyl (C=O) groups is 2. The molecule has 0 radical (unpaired) electrons. The molecule has 0 aliphatic rings. The maximum absolute atomic E-state index is 12.9. The van der Waals surface area contributed by atoms with Crippen LogP contribution in [0.3, 0.4) is 0 Å². The molecule has 0 unspecified atom stereocenters. The number of anilines is 1. The van der Waals surface area contributed by atoms with Crippen LogP contribution in [0.5, 0.6) is 0 Å². The van der Waals surface area contributed by atoms with Crippen molar-refractivity contribution >= 4 is 35.9 Å². The average Bonchev–Trinajstić information content (AvgIpc) is 3.38. The average molecular weight is 471 g/mol. The summed E-state index contributed by atoms with van der Waals surface area (Å²) in [5.74, 6) is -0.238. The van der Waals surface area contributed by atoms with Crippen LogP contribution in [0.4, 0.5) is 5.69 Å². The molecule has 180 valence electrons. The molecule has 0 saturated carbocycles. The lowest BCUT2D eigenvalue weighted by atomic mass is 10.1. The van der Waals surface area contributed by atoms with E-state index in [1.807, 2.05) is 43.3 Å². The minimum atomic E-state index is -0.538. The number of nitrogens with zero attached hydrogens (tertiary/aromatic N) is 2. The molecule has 3 aromatic rings. The molecule has 2 N–H and O–H groups in total. The van der Waals surface area contributed by atoms with Crippen molar-refractivity contribution in [2.75, 3.05) is 18.0 Å². The molecule has 3 rings (SSSR count). The molecule has 1 heterocycles. The van der Waals surface area contributed by atoms with Gasteiger partial charge in [0.05, 0.1) is 12.5 Å². The Labute approximate surface area is 205 Å². The second kappa shape index (κ2) is 12.7. The van der Waals surface area contributed by atoms with Crippen LogP contribution in [0.1, 0.15) is 42.5 Å². The summed E-state index contributed by atoms with van der Waals surface area (Å²) in [5.41, 5.74) is 5.67. The summed E-state index contributed by atoms with van der Waals surface area (Å²) in [6, 6.07) is 20.2. The number of nitrogens with one attached hydrogen (secondary N) is 2. The molecule has 7 heteroatoms. The van der Waals surface area contributed by atoms with Crippen molar-refractivity contribution in [1.82, 2.24) is 10.7 Å². The third-order valence-corrected chi connectivity index (χ3v) is 5.21. The molecule has 0 saturated heterocycles. The highest BCUT2D eigenvalue weighted by Crippen LogP contribution is 2.17. The van der Waals surface area contributed by atoms with Gasteiger partial charge in [-0.15, -0.1) is 0 Å². The standard InChI is InChI=1S/C28H30N4O3/c1-4-32(5-2)24-15-13-22(14-16-24)19-26(30-27(33)23-10-7-6-8-11-23)28(34)31-29-20-21(3)18-25-12-9-17-35-25/h6-20H,4-5H2,1-3H3,(H,30,33)(H,31,34). The summed E-state index contributed by atoms with van der Waals surface area (Å²) in [6.07, 6.45) is 6.51. The van der Waals surface area contributed by atoms with Crippen LogP contribution in [0, 0.1) is 0 Å². The summed E-state index contributed by atoms with van der Waals surface area (Å²) in [5, 5.41) is 6.73. The zero-order valence-electron chi connectivity index (χ0n) is 20.2. The van der Waals surface area contributed by atoms with Gasteiger partial charge in [-0.3, -0.25) is 9.59 Å². The zero-order valence-corrected chi connectivity index (χ0v) is 20.2. The second-order valence-electron chi connectivity index (χ2n) is 7.74. The number of hydrogen-bond acceptors (Lipinski definition) is 5. The fourth-order valence-corrected chi connectivity index (χ4v) is 3.37. The van der Waals surface area contributed by atoms with Crippen molar-refractivity contribution in [3.63, 3.8) is 0 Å². The third-order valence-electron chi connectivity index (χ3n) is 5.21. The van der Waals surface area contributed by atoms with Crippen molar-refractivity contribution in [3.8, 4) is 0 Å². The lowest BCUT2D eigenvalue weighted by Crippen LogP contribution is -2.32. The predicted molar refractivity (Wildman–Crippen MR) is 141 cm³/mol. The number of amides is 2. The Bertz CT molecular complexity index is 1190. The van der Waals surface area contributed by atoms with Gasteiger partial charge in [0, 0.05) is 24.3 Å². The second-order valence-corrected chi connectivity index (χ2v) is 7.74. The van der Waals surface area contributed by atoms with Crippen molar-refractivity contribution in [1.29, 1.82) is 0 Å². The van der Waals surface area contributed by atoms with E-state index in [1.165, 1.54) is 6.21 Å². The smallest absolute Gasteiger partial charge is 0.287 e. The molecule has 0 bridgehead atoms. The summed E-state index contributed by atoms with van der Waals surface area (Å²) in [6.45, 7) is 7.84. The number of rotatable bonds is 10. The van der Waals surface area contributed by atoms with Gasteiger partial charge in [-0.1, -0.05) is 30.3 Å². The first-order chi connectivity index (χ1) is 17.0. The lowest BCUT2D eigenvalue weighted by Gasteiger charge is -2.20. The molecule has 0 aliphatic heterocycles. The van der Waals surface area contributed by atoms with E-state index in [9.17, 15) is 9.59 Å². The van der Waals surface area contributed by atoms with E-state index < -0.39 is 5.91 Å². The number of carbonyl (C=O) groups excluding carboxylic acids is 2. The fourth-order valence-electron chi connectivity index (χ4n) is 3.37. The molecule has 0 atom stereocenters. The van der Waals surface area contributed by atoms with Gasteiger partial charge in [0.25, 0.3) is 11.8 Å². The van der Waals surface area contributed by atoms with E-state index in [4.69, 9.17) is 4.42 Å². The Balaban J connectivity index is 1.79. The van der Waals surface area contributed by atoms with Crippen LogP contribution < -0.4 is 15.6 Å². The fraction of sp³-hybridized carbons (Fsp3) is 0.179.